The first-order valence-corrected chi connectivity index (χ1v) is 7.17. The number of carboxylic acids is 1. The van der Waals surface area contributed by atoms with Crippen molar-refractivity contribution >= 4 is 23.3 Å². The van der Waals surface area contributed by atoms with Crippen LogP contribution in [0.15, 0.2) is 11.6 Å². The molecule has 0 bridgehead atoms. The van der Waals surface area contributed by atoms with Crippen LogP contribution in [0.2, 0.25) is 0 Å². The Morgan fingerprint density at radius 3 is 2.95 bits per heavy atom. The van der Waals surface area contributed by atoms with Crippen LogP contribution in [-0.2, 0) is 11.3 Å². The maximum Gasteiger partial charge on any atom is 0.315 e. The molecule has 0 radical (unpaired) electrons. The largest absolute Gasteiger partial charge is 0.481 e. The average Bonchev–Trinajstić information content (AvgIpc) is 3.04. The summed E-state index contributed by atoms with van der Waals surface area (Å²) in [5.41, 5.74) is 0. The quantitative estimate of drug-likeness (QED) is 0.762. The van der Waals surface area contributed by atoms with Gasteiger partial charge in [-0.15, -0.1) is 11.3 Å². The summed E-state index contributed by atoms with van der Waals surface area (Å²) in [6.07, 6.45) is 4.19. The van der Waals surface area contributed by atoms with Crippen molar-refractivity contribution < 1.29 is 14.7 Å². The number of nitrogens with zero attached hydrogens (tertiary/aromatic N) is 1. The van der Waals surface area contributed by atoms with Gasteiger partial charge < -0.3 is 15.7 Å². The van der Waals surface area contributed by atoms with Gasteiger partial charge in [-0.25, -0.2) is 9.78 Å². The molecule has 6 nitrogen and oxygen atoms in total. The Morgan fingerprint density at radius 2 is 2.26 bits per heavy atom. The predicted octanol–water partition coefficient (Wildman–Crippen LogP) is 1.44. The highest BCUT2D eigenvalue weighted by atomic mass is 32.1. The molecule has 1 aliphatic rings. The number of urea groups is 1. The normalized spacial score (nSPS) is 22.1. The fourth-order valence-corrected chi connectivity index (χ4v) is 2.94. The number of rotatable bonds is 5. The van der Waals surface area contributed by atoms with Crippen molar-refractivity contribution in [2.24, 2.45) is 11.8 Å². The van der Waals surface area contributed by atoms with Crippen molar-refractivity contribution in [3.8, 4) is 0 Å². The molecule has 0 aliphatic heterocycles. The van der Waals surface area contributed by atoms with Gasteiger partial charge in [0.05, 0.1) is 12.5 Å². The first-order valence-electron chi connectivity index (χ1n) is 6.29. The zero-order valence-corrected chi connectivity index (χ0v) is 11.3. The lowest BCUT2D eigenvalue weighted by molar-refractivity contribution is -0.142. The van der Waals surface area contributed by atoms with Crippen LogP contribution in [0.4, 0.5) is 4.79 Å². The van der Waals surface area contributed by atoms with Gasteiger partial charge in [0.15, 0.2) is 0 Å². The van der Waals surface area contributed by atoms with E-state index < -0.39 is 5.97 Å². The SMILES string of the molecule is O=C(NCc1nccs1)NCC1CCCC1C(=O)O. The minimum Gasteiger partial charge on any atom is -0.481 e. The topological polar surface area (TPSA) is 91.3 Å². The lowest BCUT2D eigenvalue weighted by Gasteiger charge is -2.16. The van der Waals surface area contributed by atoms with Gasteiger partial charge in [-0.2, -0.15) is 0 Å². The Bertz CT molecular complexity index is 435. The van der Waals surface area contributed by atoms with Crippen LogP contribution in [0, 0.1) is 11.8 Å². The first-order chi connectivity index (χ1) is 9.16. The van der Waals surface area contributed by atoms with E-state index in [1.165, 1.54) is 11.3 Å². The summed E-state index contributed by atoms with van der Waals surface area (Å²) in [6, 6.07) is -0.272. The Morgan fingerprint density at radius 1 is 1.42 bits per heavy atom. The van der Waals surface area contributed by atoms with E-state index in [0.29, 0.717) is 19.5 Å². The van der Waals surface area contributed by atoms with Crippen LogP contribution in [-0.4, -0.2) is 28.6 Å². The van der Waals surface area contributed by atoms with Crippen LogP contribution in [0.25, 0.3) is 0 Å². The Hall–Kier alpha value is -1.63. The number of amides is 2. The van der Waals surface area contributed by atoms with Crippen molar-refractivity contribution in [2.75, 3.05) is 6.54 Å². The van der Waals surface area contributed by atoms with E-state index in [4.69, 9.17) is 5.11 Å². The molecule has 0 saturated heterocycles. The number of nitrogens with one attached hydrogen (secondary N) is 2. The molecule has 1 aromatic heterocycles. The first kappa shape index (κ1) is 13.8. The molecule has 1 fully saturated rings. The van der Waals surface area contributed by atoms with Crippen LogP contribution < -0.4 is 10.6 Å². The molecular formula is C12H17N3O3S. The van der Waals surface area contributed by atoms with Gasteiger partial charge in [-0.1, -0.05) is 6.42 Å². The highest BCUT2D eigenvalue weighted by molar-refractivity contribution is 7.09. The predicted molar refractivity (Wildman–Crippen MR) is 70.8 cm³/mol. The molecule has 0 aromatic carbocycles. The maximum absolute atomic E-state index is 11.6. The number of carbonyl (C=O) groups is 2. The fraction of sp³-hybridized carbons (Fsp3) is 0.583. The van der Waals surface area contributed by atoms with Gasteiger partial charge in [-0.05, 0) is 18.8 Å². The third-order valence-corrected chi connectivity index (χ3v) is 4.16. The van der Waals surface area contributed by atoms with Crippen molar-refractivity contribution in [1.29, 1.82) is 0 Å². The van der Waals surface area contributed by atoms with Crippen LogP contribution in [0.3, 0.4) is 0 Å². The molecule has 7 heteroatoms. The molecule has 3 N–H and O–H groups in total. The number of carbonyl (C=O) groups excluding carboxylic acids is 1. The number of carboxylic acid groups (broad SMARTS) is 1. The summed E-state index contributed by atoms with van der Waals surface area (Å²) in [6.45, 7) is 0.817. The summed E-state index contributed by atoms with van der Waals surface area (Å²) in [5.74, 6) is -1.03. The van der Waals surface area contributed by atoms with Crippen molar-refractivity contribution in [2.45, 2.75) is 25.8 Å². The Kier molecular flexibility index (Phi) is 4.73. The molecule has 2 unspecified atom stereocenters. The maximum atomic E-state index is 11.6. The van der Waals surface area contributed by atoms with Gasteiger partial charge in [0.25, 0.3) is 0 Å². The van der Waals surface area contributed by atoms with Gasteiger partial charge in [0.1, 0.15) is 5.01 Å². The van der Waals surface area contributed by atoms with Crippen LogP contribution in [0.1, 0.15) is 24.3 Å². The molecule has 1 aromatic rings. The van der Waals surface area contributed by atoms with E-state index in [1.54, 1.807) is 6.20 Å². The second-order valence-corrected chi connectivity index (χ2v) is 5.60. The molecule has 2 rings (SSSR count). The third kappa shape index (κ3) is 3.92. The Balaban J connectivity index is 1.70. The number of hydrogen-bond donors (Lipinski definition) is 3. The lowest BCUT2D eigenvalue weighted by Crippen LogP contribution is -2.39. The number of aromatic nitrogens is 1. The summed E-state index contributed by atoms with van der Waals surface area (Å²) >= 11 is 1.48. The average molecular weight is 283 g/mol. The zero-order chi connectivity index (χ0) is 13.7. The summed E-state index contributed by atoms with van der Waals surface area (Å²) in [4.78, 5) is 26.6. The molecule has 1 heterocycles. The van der Waals surface area contributed by atoms with E-state index >= 15 is 0 Å². The Labute approximate surface area is 115 Å². The zero-order valence-electron chi connectivity index (χ0n) is 10.5. The molecule has 104 valence electrons. The highest BCUT2D eigenvalue weighted by Gasteiger charge is 2.32. The molecule has 19 heavy (non-hydrogen) atoms. The van der Waals surface area contributed by atoms with E-state index in [2.05, 4.69) is 15.6 Å². The number of aliphatic carboxylic acids is 1. The molecule has 1 saturated carbocycles. The molecular weight excluding hydrogens is 266 g/mol. The van der Waals surface area contributed by atoms with E-state index in [1.807, 2.05) is 5.38 Å². The van der Waals surface area contributed by atoms with Crippen LogP contribution >= 0.6 is 11.3 Å². The smallest absolute Gasteiger partial charge is 0.315 e. The highest BCUT2D eigenvalue weighted by Crippen LogP contribution is 2.31. The van der Waals surface area contributed by atoms with E-state index in [0.717, 1.165) is 17.8 Å². The van der Waals surface area contributed by atoms with Crippen molar-refractivity contribution in [3.05, 3.63) is 16.6 Å². The van der Waals surface area contributed by atoms with Crippen LogP contribution in [0.5, 0.6) is 0 Å². The minimum atomic E-state index is -0.757. The summed E-state index contributed by atoms with van der Waals surface area (Å²) < 4.78 is 0. The third-order valence-electron chi connectivity index (χ3n) is 3.38. The summed E-state index contributed by atoms with van der Waals surface area (Å²) in [7, 11) is 0. The van der Waals surface area contributed by atoms with Crippen molar-refractivity contribution in [3.63, 3.8) is 0 Å². The number of thiazole rings is 1. The standard InChI is InChI=1S/C12H17N3O3S/c16-11(17)9-3-1-2-8(9)6-14-12(18)15-7-10-13-4-5-19-10/h4-5,8-9H,1-3,6-7H2,(H,16,17)(H2,14,15,18). The second kappa shape index (κ2) is 6.51. The number of hydrogen-bond acceptors (Lipinski definition) is 4. The second-order valence-electron chi connectivity index (χ2n) is 4.63. The van der Waals surface area contributed by atoms with Crippen molar-refractivity contribution in [1.82, 2.24) is 15.6 Å². The lowest BCUT2D eigenvalue weighted by atomic mass is 9.96. The molecule has 2 amide bonds. The van der Waals surface area contributed by atoms with E-state index in [9.17, 15) is 9.59 Å². The summed E-state index contributed by atoms with van der Waals surface area (Å²) in [5, 5.41) is 17.2. The van der Waals surface area contributed by atoms with Gasteiger partial charge in [-0.3, -0.25) is 4.79 Å². The molecule has 0 spiro atoms. The van der Waals surface area contributed by atoms with E-state index in [-0.39, 0.29) is 17.9 Å². The molecule has 2 atom stereocenters. The fourth-order valence-electron chi connectivity index (χ4n) is 2.39. The minimum absolute atomic E-state index is 0.0445. The molecule has 1 aliphatic carbocycles. The van der Waals surface area contributed by atoms with Gasteiger partial charge >= 0.3 is 12.0 Å². The van der Waals surface area contributed by atoms with Gasteiger partial charge in [0, 0.05) is 18.1 Å². The van der Waals surface area contributed by atoms with Gasteiger partial charge in [0.2, 0.25) is 0 Å². The monoisotopic (exact) mass is 283 g/mol.